The van der Waals surface area contributed by atoms with Crippen molar-refractivity contribution in [1.29, 1.82) is 0 Å². The lowest BCUT2D eigenvalue weighted by Crippen LogP contribution is -2.37. The molecule has 0 fully saturated rings. The predicted molar refractivity (Wildman–Crippen MR) is 94.1 cm³/mol. The van der Waals surface area contributed by atoms with Crippen LogP contribution >= 0.6 is 24.0 Å². The Morgan fingerprint density at radius 3 is 2.57 bits per heavy atom. The van der Waals surface area contributed by atoms with Gasteiger partial charge < -0.3 is 10.6 Å². The number of unbranched alkanes of at least 4 members (excludes halogenated alkanes) is 3. The van der Waals surface area contributed by atoms with Gasteiger partial charge in [-0.2, -0.15) is 0 Å². The first-order valence-electron chi connectivity index (χ1n) is 7.05. The van der Waals surface area contributed by atoms with Gasteiger partial charge in [0.2, 0.25) is 0 Å². The van der Waals surface area contributed by atoms with Crippen LogP contribution in [0.2, 0.25) is 0 Å². The molecule has 0 saturated heterocycles. The van der Waals surface area contributed by atoms with E-state index in [4.69, 9.17) is 0 Å². The molecule has 2 N–H and O–H groups in total. The highest BCUT2D eigenvalue weighted by atomic mass is 127. The van der Waals surface area contributed by atoms with Gasteiger partial charge in [0.25, 0.3) is 0 Å². The normalized spacial score (nSPS) is 11.0. The quantitative estimate of drug-likeness (QED) is 0.310. The van der Waals surface area contributed by atoms with Crippen LogP contribution in [-0.2, 0) is 6.54 Å². The monoisotopic (exact) mass is 411 g/mol. The lowest BCUT2D eigenvalue weighted by molar-refractivity contribution is 0.580. The summed E-state index contributed by atoms with van der Waals surface area (Å²) in [5.74, 6) is -0.256. The van der Waals surface area contributed by atoms with Gasteiger partial charge in [0.15, 0.2) is 5.96 Å². The lowest BCUT2D eigenvalue weighted by Gasteiger charge is -2.12. The Balaban J connectivity index is 0.00000400. The van der Waals surface area contributed by atoms with Crippen LogP contribution in [0.4, 0.5) is 8.78 Å². The summed E-state index contributed by atoms with van der Waals surface area (Å²) in [5, 5.41) is 6.13. The molecule has 1 rings (SSSR count). The second-order valence-electron chi connectivity index (χ2n) is 4.65. The largest absolute Gasteiger partial charge is 0.356 e. The van der Waals surface area contributed by atoms with Gasteiger partial charge >= 0.3 is 0 Å². The van der Waals surface area contributed by atoms with Gasteiger partial charge in [0, 0.05) is 25.7 Å². The van der Waals surface area contributed by atoms with Crippen molar-refractivity contribution in [2.24, 2.45) is 4.99 Å². The molecule has 0 heterocycles. The van der Waals surface area contributed by atoms with E-state index >= 15 is 0 Å². The van der Waals surface area contributed by atoms with Crippen molar-refractivity contribution < 1.29 is 8.78 Å². The number of aliphatic imine (C=N–C) groups is 1. The van der Waals surface area contributed by atoms with E-state index in [-0.39, 0.29) is 30.5 Å². The van der Waals surface area contributed by atoms with Gasteiger partial charge in [-0.05, 0) is 24.6 Å². The van der Waals surface area contributed by atoms with E-state index in [0.717, 1.165) is 25.1 Å². The third-order valence-corrected chi connectivity index (χ3v) is 3.00. The van der Waals surface area contributed by atoms with Crippen LogP contribution in [-0.4, -0.2) is 19.6 Å². The van der Waals surface area contributed by atoms with Crippen LogP contribution in [0, 0.1) is 11.6 Å². The number of nitrogens with zero attached hydrogens (tertiary/aromatic N) is 1. The van der Waals surface area contributed by atoms with Gasteiger partial charge in [0.1, 0.15) is 11.6 Å². The average Bonchev–Trinajstić information content (AvgIpc) is 2.45. The molecule has 21 heavy (non-hydrogen) atoms. The van der Waals surface area contributed by atoms with Gasteiger partial charge in [-0.1, -0.05) is 26.2 Å². The summed E-state index contributed by atoms with van der Waals surface area (Å²) in [4.78, 5) is 4.05. The first kappa shape index (κ1) is 20.1. The van der Waals surface area contributed by atoms with E-state index in [0.29, 0.717) is 11.5 Å². The highest BCUT2D eigenvalue weighted by molar-refractivity contribution is 14.0. The molecular weight excluding hydrogens is 387 g/mol. The summed E-state index contributed by atoms with van der Waals surface area (Å²) < 4.78 is 26.5. The molecule has 0 amide bonds. The smallest absolute Gasteiger partial charge is 0.191 e. The van der Waals surface area contributed by atoms with Gasteiger partial charge in [-0.15, -0.1) is 24.0 Å². The summed E-state index contributed by atoms with van der Waals surface area (Å²) in [5.41, 5.74) is 0.291. The molecule has 0 aromatic heterocycles. The molecule has 0 saturated carbocycles. The summed E-state index contributed by atoms with van der Waals surface area (Å²) in [7, 11) is 1.66. The summed E-state index contributed by atoms with van der Waals surface area (Å²) >= 11 is 0. The standard InChI is InChI=1S/C15H23F2N3.HI/c1-3-4-5-6-9-19-15(18-2)20-11-12-10-13(16)7-8-14(12)17;/h7-8,10H,3-6,9,11H2,1-2H3,(H2,18,19,20);1H. The molecule has 1 aromatic rings. The minimum Gasteiger partial charge on any atom is -0.356 e. The Hall–Kier alpha value is -0.920. The highest BCUT2D eigenvalue weighted by Crippen LogP contribution is 2.09. The maximum atomic E-state index is 13.4. The molecule has 3 nitrogen and oxygen atoms in total. The average molecular weight is 411 g/mol. The summed E-state index contributed by atoms with van der Waals surface area (Å²) in [6.45, 7) is 3.20. The third-order valence-electron chi connectivity index (χ3n) is 3.00. The van der Waals surface area contributed by atoms with Gasteiger partial charge in [-0.25, -0.2) is 8.78 Å². The van der Waals surface area contributed by atoms with Crippen LogP contribution in [0.5, 0.6) is 0 Å². The van der Waals surface area contributed by atoms with Crippen molar-refractivity contribution in [1.82, 2.24) is 10.6 Å². The molecule has 0 atom stereocenters. The predicted octanol–water partition coefficient (Wildman–Crippen LogP) is 3.83. The molecular formula is C15H24F2IN3. The van der Waals surface area contributed by atoms with Gasteiger partial charge in [-0.3, -0.25) is 4.99 Å². The number of rotatable bonds is 7. The van der Waals surface area contributed by atoms with E-state index < -0.39 is 11.6 Å². The maximum Gasteiger partial charge on any atom is 0.191 e. The Morgan fingerprint density at radius 2 is 1.90 bits per heavy atom. The van der Waals surface area contributed by atoms with E-state index in [1.54, 1.807) is 7.05 Å². The molecule has 1 aromatic carbocycles. The fourth-order valence-electron chi connectivity index (χ4n) is 1.84. The Morgan fingerprint density at radius 1 is 1.14 bits per heavy atom. The molecule has 0 radical (unpaired) electrons. The van der Waals surface area contributed by atoms with E-state index in [9.17, 15) is 8.78 Å². The van der Waals surface area contributed by atoms with Crippen LogP contribution in [0.25, 0.3) is 0 Å². The van der Waals surface area contributed by atoms with Crippen molar-refractivity contribution in [3.8, 4) is 0 Å². The van der Waals surface area contributed by atoms with E-state index in [1.807, 2.05) is 0 Å². The van der Waals surface area contributed by atoms with Crippen molar-refractivity contribution in [3.05, 3.63) is 35.4 Å². The number of nitrogens with one attached hydrogen (secondary N) is 2. The second kappa shape index (κ2) is 11.7. The van der Waals surface area contributed by atoms with Crippen molar-refractivity contribution in [2.75, 3.05) is 13.6 Å². The first-order chi connectivity index (χ1) is 9.67. The van der Waals surface area contributed by atoms with Crippen molar-refractivity contribution in [3.63, 3.8) is 0 Å². The SMILES string of the molecule is CCCCCCNC(=NC)NCc1cc(F)ccc1F.I. The fourth-order valence-corrected chi connectivity index (χ4v) is 1.84. The molecule has 0 spiro atoms. The first-order valence-corrected chi connectivity index (χ1v) is 7.05. The maximum absolute atomic E-state index is 13.4. The summed E-state index contributed by atoms with van der Waals surface area (Å²) in [6, 6.07) is 3.43. The van der Waals surface area contributed by atoms with E-state index in [1.165, 1.54) is 25.3 Å². The van der Waals surface area contributed by atoms with Crippen LogP contribution in [0.1, 0.15) is 38.2 Å². The molecule has 0 aliphatic heterocycles. The van der Waals surface area contributed by atoms with Crippen LogP contribution < -0.4 is 10.6 Å². The highest BCUT2D eigenvalue weighted by Gasteiger charge is 2.04. The number of guanidine groups is 1. The third kappa shape index (κ3) is 8.18. The number of halogens is 3. The van der Waals surface area contributed by atoms with Crippen LogP contribution in [0.3, 0.4) is 0 Å². The van der Waals surface area contributed by atoms with E-state index in [2.05, 4.69) is 22.5 Å². The second-order valence-corrected chi connectivity index (χ2v) is 4.65. The topological polar surface area (TPSA) is 36.4 Å². The zero-order valence-electron chi connectivity index (χ0n) is 12.6. The Kier molecular flexibility index (Phi) is 11.2. The Labute approximate surface area is 142 Å². The van der Waals surface area contributed by atoms with Crippen LogP contribution in [0.15, 0.2) is 23.2 Å². The van der Waals surface area contributed by atoms with Gasteiger partial charge in [0.05, 0.1) is 0 Å². The summed E-state index contributed by atoms with van der Waals surface area (Å²) in [6.07, 6.45) is 4.68. The number of hydrogen-bond donors (Lipinski definition) is 2. The fraction of sp³-hybridized carbons (Fsp3) is 0.533. The minimum atomic E-state index is -0.439. The molecule has 0 bridgehead atoms. The van der Waals surface area contributed by atoms with Crippen molar-refractivity contribution >= 4 is 29.9 Å². The Bertz CT molecular complexity index is 439. The number of hydrogen-bond acceptors (Lipinski definition) is 1. The number of benzene rings is 1. The molecule has 0 aliphatic carbocycles. The zero-order valence-corrected chi connectivity index (χ0v) is 14.9. The molecule has 120 valence electrons. The molecule has 6 heteroatoms. The zero-order chi connectivity index (χ0) is 14.8. The van der Waals surface area contributed by atoms with Crippen molar-refractivity contribution in [2.45, 2.75) is 39.2 Å². The lowest BCUT2D eigenvalue weighted by atomic mass is 10.2. The molecule has 0 unspecified atom stereocenters. The minimum absolute atomic E-state index is 0. The molecule has 0 aliphatic rings.